The number of thiophene rings is 1. The number of rotatable bonds is 4. The van der Waals surface area contributed by atoms with Crippen LogP contribution in [0.25, 0.3) is 37.6 Å². The van der Waals surface area contributed by atoms with Crippen molar-refractivity contribution in [2.45, 2.75) is 20.6 Å². The lowest BCUT2D eigenvalue weighted by Gasteiger charge is -2.07. The van der Waals surface area contributed by atoms with Gasteiger partial charge in [-0.05, 0) is 49.7 Å². The number of fused-ring (bicyclic) bond motifs is 5. The van der Waals surface area contributed by atoms with E-state index in [-0.39, 0.29) is 6.73 Å². The van der Waals surface area contributed by atoms with Crippen LogP contribution in [0.2, 0.25) is 10.0 Å². The molecule has 0 N–H and O–H groups in total. The van der Waals surface area contributed by atoms with Crippen molar-refractivity contribution in [2.75, 3.05) is 0 Å². The van der Waals surface area contributed by atoms with Gasteiger partial charge in [0.2, 0.25) is 5.82 Å². The van der Waals surface area contributed by atoms with Crippen LogP contribution in [0.4, 0.5) is 0 Å². The van der Waals surface area contributed by atoms with Crippen LogP contribution in [0, 0.1) is 13.8 Å². The zero-order valence-corrected chi connectivity index (χ0v) is 19.8. The SMILES string of the molecule is Cc1cc(C)c2c(n1)sc1c2ncn2nc(-c3ccn(COc4ccc(Cl)cc4Cl)n3)nc12. The van der Waals surface area contributed by atoms with Crippen molar-refractivity contribution in [3.05, 3.63) is 64.2 Å². The highest BCUT2D eigenvalue weighted by Gasteiger charge is 2.17. The molecule has 0 aliphatic heterocycles. The van der Waals surface area contributed by atoms with E-state index in [2.05, 4.69) is 33.2 Å². The van der Waals surface area contributed by atoms with Crippen LogP contribution in [0.15, 0.2) is 42.9 Å². The molecule has 0 atom stereocenters. The molecule has 0 bridgehead atoms. The molecule has 6 rings (SSSR count). The summed E-state index contributed by atoms with van der Waals surface area (Å²) in [4.78, 5) is 15.0. The Hall–Kier alpha value is -3.27. The summed E-state index contributed by atoms with van der Waals surface area (Å²) in [7, 11) is 0. The maximum atomic E-state index is 6.17. The second-order valence-corrected chi connectivity index (χ2v) is 9.42. The number of halogens is 2. The fraction of sp³-hybridized carbons (Fsp3) is 0.136. The summed E-state index contributed by atoms with van der Waals surface area (Å²) in [6.07, 6.45) is 3.48. The Labute approximate surface area is 201 Å². The summed E-state index contributed by atoms with van der Waals surface area (Å²) in [6.45, 7) is 4.26. The topological polar surface area (TPSA) is 83.0 Å². The van der Waals surface area contributed by atoms with Crippen molar-refractivity contribution in [2.24, 2.45) is 0 Å². The molecule has 6 aromatic rings. The van der Waals surface area contributed by atoms with Crippen LogP contribution in [0.5, 0.6) is 5.75 Å². The van der Waals surface area contributed by atoms with Gasteiger partial charge in [-0.2, -0.15) is 5.10 Å². The third-order valence-corrected chi connectivity index (χ3v) is 6.81. The molecule has 0 unspecified atom stereocenters. The molecule has 0 fully saturated rings. The lowest BCUT2D eigenvalue weighted by atomic mass is 10.1. The first-order chi connectivity index (χ1) is 16.0. The van der Waals surface area contributed by atoms with E-state index in [1.165, 1.54) is 0 Å². The van der Waals surface area contributed by atoms with Gasteiger partial charge in [-0.3, -0.25) is 0 Å². The minimum atomic E-state index is 0.182. The van der Waals surface area contributed by atoms with Crippen LogP contribution < -0.4 is 4.74 Å². The molecule has 5 aromatic heterocycles. The minimum absolute atomic E-state index is 0.182. The highest BCUT2D eigenvalue weighted by molar-refractivity contribution is 7.26. The summed E-state index contributed by atoms with van der Waals surface area (Å²) in [5.41, 5.74) is 4.39. The fourth-order valence-electron chi connectivity index (χ4n) is 3.76. The lowest BCUT2D eigenvalue weighted by molar-refractivity contribution is 0.221. The normalized spacial score (nSPS) is 11.8. The number of hydrogen-bond donors (Lipinski definition) is 0. The van der Waals surface area contributed by atoms with Gasteiger partial charge in [0.05, 0.1) is 10.5 Å². The van der Waals surface area contributed by atoms with Crippen molar-refractivity contribution in [1.82, 2.24) is 34.3 Å². The Morgan fingerprint density at radius 2 is 1.94 bits per heavy atom. The van der Waals surface area contributed by atoms with Crippen LogP contribution in [-0.2, 0) is 6.73 Å². The monoisotopic (exact) mass is 495 g/mol. The average Bonchev–Trinajstić information content (AvgIpc) is 3.48. The van der Waals surface area contributed by atoms with Gasteiger partial charge >= 0.3 is 0 Å². The van der Waals surface area contributed by atoms with Crippen LogP contribution in [0.1, 0.15) is 11.3 Å². The van der Waals surface area contributed by atoms with E-state index in [0.29, 0.717) is 27.3 Å². The molecule has 11 heteroatoms. The average molecular weight is 496 g/mol. The van der Waals surface area contributed by atoms with Crippen molar-refractivity contribution >= 4 is 60.6 Å². The molecule has 1 aromatic carbocycles. The first-order valence-corrected chi connectivity index (χ1v) is 11.6. The van der Waals surface area contributed by atoms with Crippen LogP contribution >= 0.6 is 34.5 Å². The third kappa shape index (κ3) is 3.49. The summed E-state index contributed by atoms with van der Waals surface area (Å²) in [5.74, 6) is 1.03. The zero-order chi connectivity index (χ0) is 22.7. The molecule has 5 heterocycles. The Morgan fingerprint density at radius 3 is 2.79 bits per heavy atom. The Balaban J connectivity index is 1.34. The lowest BCUT2D eigenvalue weighted by Crippen LogP contribution is -2.06. The Morgan fingerprint density at radius 1 is 1.06 bits per heavy atom. The molecule has 0 aliphatic rings. The minimum Gasteiger partial charge on any atom is -0.470 e. The van der Waals surface area contributed by atoms with Crippen molar-refractivity contribution in [1.29, 1.82) is 0 Å². The van der Waals surface area contributed by atoms with E-state index >= 15 is 0 Å². The number of pyridine rings is 1. The number of aryl methyl sites for hydroxylation is 2. The second kappa shape index (κ2) is 7.65. The van der Waals surface area contributed by atoms with Gasteiger partial charge in [0.1, 0.15) is 27.3 Å². The van der Waals surface area contributed by atoms with Crippen molar-refractivity contribution in [3.63, 3.8) is 0 Å². The molecule has 8 nitrogen and oxygen atoms in total. The summed E-state index contributed by atoms with van der Waals surface area (Å²) in [6, 6.07) is 8.99. The Bertz CT molecular complexity index is 1690. The molecule has 0 saturated heterocycles. The van der Waals surface area contributed by atoms with E-state index in [1.807, 2.05) is 13.0 Å². The van der Waals surface area contributed by atoms with Crippen molar-refractivity contribution < 1.29 is 4.74 Å². The van der Waals surface area contributed by atoms with Gasteiger partial charge in [-0.25, -0.2) is 24.1 Å². The predicted octanol–water partition coefficient (Wildman–Crippen LogP) is 5.71. The smallest absolute Gasteiger partial charge is 0.202 e. The first kappa shape index (κ1) is 20.3. The number of benzene rings is 1. The van der Waals surface area contributed by atoms with E-state index in [9.17, 15) is 0 Å². The zero-order valence-electron chi connectivity index (χ0n) is 17.5. The number of ether oxygens (including phenoxy) is 1. The molecule has 0 spiro atoms. The van der Waals surface area contributed by atoms with E-state index in [1.54, 1.807) is 51.3 Å². The second-order valence-electron chi connectivity index (χ2n) is 7.58. The summed E-state index contributed by atoms with van der Waals surface area (Å²) in [5, 5.41) is 11.2. The molecule has 33 heavy (non-hydrogen) atoms. The number of hydrogen-bond acceptors (Lipinski definition) is 7. The number of aromatic nitrogens is 7. The van der Waals surface area contributed by atoms with Gasteiger partial charge in [0, 0.05) is 22.3 Å². The van der Waals surface area contributed by atoms with Crippen molar-refractivity contribution in [3.8, 4) is 17.3 Å². The van der Waals surface area contributed by atoms with E-state index < -0.39 is 0 Å². The molecule has 0 aliphatic carbocycles. The standard InChI is InChI=1S/C22H15Cl2N7OS/c1-11-7-12(2)26-22-17(11)18-19(33-22)21-27-20(29-31(21)9-25-18)15-5-6-30(28-15)10-32-16-4-3-13(23)8-14(16)24/h3-9H,10H2,1-2H3. The third-order valence-electron chi connectivity index (χ3n) is 5.21. The molecular formula is C22H15Cl2N7OS. The fourth-order valence-corrected chi connectivity index (χ4v) is 5.45. The quantitative estimate of drug-likeness (QED) is 0.311. The molecule has 0 amide bonds. The van der Waals surface area contributed by atoms with E-state index in [0.717, 1.165) is 37.3 Å². The maximum Gasteiger partial charge on any atom is 0.202 e. The largest absolute Gasteiger partial charge is 0.470 e. The molecule has 0 saturated carbocycles. The summed E-state index contributed by atoms with van der Waals surface area (Å²) >= 11 is 13.7. The van der Waals surface area contributed by atoms with Gasteiger partial charge in [-0.1, -0.05) is 23.2 Å². The van der Waals surface area contributed by atoms with E-state index in [4.69, 9.17) is 32.9 Å². The molecular weight excluding hydrogens is 481 g/mol. The van der Waals surface area contributed by atoms with Crippen LogP contribution in [-0.4, -0.2) is 34.3 Å². The van der Waals surface area contributed by atoms with Gasteiger partial charge in [-0.15, -0.1) is 16.4 Å². The van der Waals surface area contributed by atoms with Gasteiger partial charge in [0.25, 0.3) is 0 Å². The molecule has 0 radical (unpaired) electrons. The predicted molar refractivity (Wildman–Crippen MR) is 129 cm³/mol. The highest BCUT2D eigenvalue weighted by atomic mass is 35.5. The highest BCUT2D eigenvalue weighted by Crippen LogP contribution is 2.36. The van der Waals surface area contributed by atoms with Gasteiger partial charge in [0.15, 0.2) is 12.4 Å². The van der Waals surface area contributed by atoms with Crippen LogP contribution in [0.3, 0.4) is 0 Å². The Kier molecular flexibility index (Phi) is 4.72. The summed E-state index contributed by atoms with van der Waals surface area (Å²) < 4.78 is 10.0. The molecule has 164 valence electrons. The first-order valence-electron chi connectivity index (χ1n) is 10.00. The number of nitrogens with zero attached hydrogens (tertiary/aromatic N) is 7. The van der Waals surface area contributed by atoms with Gasteiger partial charge < -0.3 is 4.74 Å². The maximum absolute atomic E-state index is 6.17.